The lowest BCUT2D eigenvalue weighted by atomic mass is 9.90. The number of benzene rings is 2. The Bertz CT molecular complexity index is 901. The van der Waals surface area contributed by atoms with E-state index in [4.69, 9.17) is 0 Å². The van der Waals surface area contributed by atoms with Gasteiger partial charge in [-0.25, -0.2) is 4.99 Å². The average Bonchev–Trinajstić information content (AvgIpc) is 3.35. The first-order valence-electron chi connectivity index (χ1n) is 9.13. The summed E-state index contributed by atoms with van der Waals surface area (Å²) in [5, 5.41) is 11.2. The topological polar surface area (TPSA) is 66.2 Å². The highest BCUT2D eigenvalue weighted by Gasteiger charge is 2.36. The van der Waals surface area contributed by atoms with Crippen molar-refractivity contribution in [2.45, 2.75) is 37.6 Å². The third kappa shape index (κ3) is 4.00. The third-order valence-corrected chi connectivity index (χ3v) is 5.63. The van der Waals surface area contributed by atoms with Crippen molar-refractivity contribution in [2.75, 3.05) is 6.67 Å². The lowest BCUT2D eigenvalue weighted by Gasteiger charge is -2.29. The zero-order valence-electron chi connectivity index (χ0n) is 15.2. The van der Waals surface area contributed by atoms with Gasteiger partial charge in [0.05, 0.1) is 6.42 Å². The van der Waals surface area contributed by atoms with E-state index < -0.39 is 5.54 Å². The molecule has 1 heterocycles. The summed E-state index contributed by atoms with van der Waals surface area (Å²) in [5.74, 6) is 1.19. The van der Waals surface area contributed by atoms with E-state index in [1.165, 1.54) is 18.4 Å². The summed E-state index contributed by atoms with van der Waals surface area (Å²) in [7, 11) is 0. The first-order chi connectivity index (χ1) is 13.0. The number of hydrogen-bond acceptors (Lipinski definition) is 4. The van der Waals surface area contributed by atoms with Crippen LogP contribution in [0, 0.1) is 0 Å². The number of nitrogens with zero attached hydrogens (tertiary/aromatic N) is 3. The van der Waals surface area contributed by atoms with Crippen LogP contribution in [0.5, 0.6) is 0 Å². The van der Waals surface area contributed by atoms with Gasteiger partial charge in [-0.1, -0.05) is 52.3 Å². The van der Waals surface area contributed by atoms with Gasteiger partial charge in [-0.2, -0.15) is 5.11 Å². The van der Waals surface area contributed by atoms with Gasteiger partial charge < -0.3 is 5.32 Å². The fourth-order valence-electron chi connectivity index (χ4n) is 3.36. The number of rotatable bonds is 6. The zero-order chi connectivity index (χ0) is 18.9. The van der Waals surface area contributed by atoms with Crippen LogP contribution in [-0.4, -0.2) is 18.4 Å². The molecule has 1 N–H and O–H groups in total. The Hall–Kier alpha value is -2.34. The van der Waals surface area contributed by atoms with E-state index in [0.717, 1.165) is 21.5 Å². The molecule has 2 aromatic carbocycles. The Morgan fingerprint density at radius 1 is 1.15 bits per heavy atom. The quantitative estimate of drug-likeness (QED) is 0.715. The molecule has 1 aliphatic carbocycles. The van der Waals surface area contributed by atoms with Gasteiger partial charge in [0.25, 0.3) is 0 Å². The largest absolute Gasteiger partial charge is 0.339 e. The summed E-state index contributed by atoms with van der Waals surface area (Å²) >= 11 is 3.45. The summed E-state index contributed by atoms with van der Waals surface area (Å²) < 4.78 is 0.977. The minimum atomic E-state index is -0.814. The normalized spacial score (nSPS) is 18.1. The van der Waals surface area contributed by atoms with E-state index in [1.54, 1.807) is 0 Å². The number of amides is 1. The van der Waals surface area contributed by atoms with Gasteiger partial charge in [-0.05, 0) is 54.5 Å². The summed E-state index contributed by atoms with van der Waals surface area (Å²) in [6.07, 6.45) is 2.88. The maximum absolute atomic E-state index is 12.8. The van der Waals surface area contributed by atoms with Crippen molar-refractivity contribution >= 4 is 27.7 Å². The molecule has 2 aromatic rings. The zero-order valence-corrected chi connectivity index (χ0v) is 16.7. The van der Waals surface area contributed by atoms with Crippen LogP contribution in [0.2, 0.25) is 0 Å². The van der Waals surface area contributed by atoms with Gasteiger partial charge >= 0.3 is 0 Å². The van der Waals surface area contributed by atoms with E-state index in [9.17, 15) is 4.79 Å². The van der Waals surface area contributed by atoms with Crippen LogP contribution in [0.1, 0.15) is 42.4 Å². The molecule has 138 valence electrons. The summed E-state index contributed by atoms with van der Waals surface area (Å²) in [6.45, 7) is 2.23. The van der Waals surface area contributed by atoms with Crippen LogP contribution >= 0.6 is 15.9 Å². The van der Waals surface area contributed by atoms with Crippen molar-refractivity contribution < 1.29 is 4.79 Å². The molecule has 1 saturated carbocycles. The molecule has 6 heteroatoms. The minimum Gasteiger partial charge on any atom is -0.339 e. The molecule has 0 aromatic heterocycles. The number of halogens is 1. The van der Waals surface area contributed by atoms with E-state index in [0.29, 0.717) is 18.9 Å². The molecule has 1 fully saturated rings. The van der Waals surface area contributed by atoms with Crippen LogP contribution in [0.3, 0.4) is 0 Å². The number of azo groups is 1. The number of amidine groups is 1. The second kappa shape index (κ2) is 7.35. The molecule has 5 nitrogen and oxygen atoms in total. The minimum absolute atomic E-state index is 0.0654. The second-order valence-electron chi connectivity index (χ2n) is 7.24. The van der Waals surface area contributed by atoms with E-state index in [2.05, 4.69) is 60.7 Å². The predicted octanol–water partition coefficient (Wildman–Crippen LogP) is 4.72. The first-order valence-corrected chi connectivity index (χ1v) is 9.92. The highest BCUT2D eigenvalue weighted by molar-refractivity contribution is 9.10. The van der Waals surface area contributed by atoms with E-state index >= 15 is 0 Å². The summed E-state index contributed by atoms with van der Waals surface area (Å²) in [6, 6.07) is 16.2. The molecule has 4 rings (SSSR count). The molecule has 2 aliphatic rings. The van der Waals surface area contributed by atoms with E-state index in [-0.39, 0.29) is 5.91 Å². The predicted molar refractivity (Wildman–Crippen MR) is 109 cm³/mol. The van der Waals surface area contributed by atoms with Gasteiger partial charge in [0.15, 0.2) is 12.5 Å². The van der Waals surface area contributed by atoms with Gasteiger partial charge in [0.2, 0.25) is 5.91 Å². The Morgan fingerprint density at radius 2 is 1.85 bits per heavy atom. The fraction of sp³-hybridized carbons (Fsp3) is 0.333. The van der Waals surface area contributed by atoms with Gasteiger partial charge in [0, 0.05) is 4.47 Å². The molecule has 0 spiro atoms. The molecule has 0 radical (unpaired) electrons. The summed E-state index contributed by atoms with van der Waals surface area (Å²) in [4.78, 5) is 17.2. The molecule has 1 amide bonds. The van der Waals surface area contributed by atoms with Crippen molar-refractivity contribution in [1.82, 2.24) is 5.32 Å². The number of nitrogens with one attached hydrogen (secondary N) is 1. The van der Waals surface area contributed by atoms with Gasteiger partial charge in [-0.15, -0.1) is 5.11 Å². The maximum Gasteiger partial charge on any atom is 0.225 e. The van der Waals surface area contributed by atoms with E-state index in [1.807, 2.05) is 31.2 Å². The third-order valence-electron chi connectivity index (χ3n) is 5.10. The van der Waals surface area contributed by atoms with Crippen LogP contribution < -0.4 is 5.32 Å². The molecular formula is C21H21BrN4O. The SMILES string of the molecule is C[C@@](NC(=O)Cc1ccc(C2CC2)cc1)(C1=NCN=N1)c1ccc(Br)cc1. The summed E-state index contributed by atoms with van der Waals surface area (Å²) in [5.41, 5.74) is 2.48. The van der Waals surface area contributed by atoms with Crippen LogP contribution in [0.4, 0.5) is 0 Å². The molecular weight excluding hydrogens is 404 g/mol. The maximum atomic E-state index is 12.8. The van der Waals surface area contributed by atoms with Crippen LogP contribution in [0.15, 0.2) is 68.2 Å². The number of carbonyl (C=O) groups is 1. The van der Waals surface area contributed by atoms with Crippen molar-refractivity contribution in [3.8, 4) is 0 Å². The Kier molecular flexibility index (Phi) is 4.91. The highest BCUT2D eigenvalue weighted by atomic mass is 79.9. The van der Waals surface area contributed by atoms with Gasteiger partial charge in [-0.3, -0.25) is 4.79 Å². The second-order valence-corrected chi connectivity index (χ2v) is 8.15. The lowest BCUT2D eigenvalue weighted by Crippen LogP contribution is -2.49. The number of carbonyl (C=O) groups excluding carboxylic acids is 1. The van der Waals surface area contributed by atoms with Crippen LogP contribution in [0.25, 0.3) is 0 Å². The Morgan fingerprint density at radius 3 is 2.44 bits per heavy atom. The molecule has 0 bridgehead atoms. The van der Waals surface area contributed by atoms with Crippen molar-refractivity contribution in [3.05, 3.63) is 69.7 Å². The standard InChI is InChI=1S/C21H21BrN4O/c1-21(20-23-13-24-26-20,17-8-10-18(22)11-9-17)25-19(27)12-14-2-4-15(5-3-14)16-6-7-16/h2-5,8-11,16H,6-7,12-13H2,1H3,(H,25,27)/t21-/m0/s1. The Balaban J connectivity index is 1.52. The molecule has 0 unspecified atom stereocenters. The molecule has 1 aliphatic heterocycles. The van der Waals surface area contributed by atoms with Gasteiger partial charge in [0.1, 0.15) is 5.54 Å². The highest BCUT2D eigenvalue weighted by Crippen LogP contribution is 2.39. The Labute approximate surface area is 167 Å². The number of aliphatic imine (C=N–C) groups is 1. The van der Waals surface area contributed by atoms with Crippen molar-refractivity contribution in [2.24, 2.45) is 15.2 Å². The molecule has 0 saturated heterocycles. The smallest absolute Gasteiger partial charge is 0.225 e. The molecule has 1 atom stereocenters. The monoisotopic (exact) mass is 424 g/mol. The molecule has 27 heavy (non-hydrogen) atoms. The van der Waals surface area contributed by atoms with Crippen molar-refractivity contribution in [3.63, 3.8) is 0 Å². The van der Waals surface area contributed by atoms with Crippen LogP contribution in [-0.2, 0) is 16.8 Å². The average molecular weight is 425 g/mol. The first kappa shape index (κ1) is 18.0. The number of hydrogen-bond donors (Lipinski definition) is 1. The fourth-order valence-corrected chi connectivity index (χ4v) is 3.62. The lowest BCUT2D eigenvalue weighted by molar-refractivity contribution is -0.121. The van der Waals surface area contributed by atoms with Crippen molar-refractivity contribution in [1.29, 1.82) is 0 Å².